The fourth-order valence-corrected chi connectivity index (χ4v) is 1.55. The predicted octanol–water partition coefficient (Wildman–Crippen LogP) is 1.69. The maximum atomic E-state index is 11.3. The average molecular weight is 230 g/mol. The minimum atomic E-state index is -0.475. The second-order valence-corrected chi connectivity index (χ2v) is 4.11. The fraction of sp³-hybridized carbons (Fsp3) is 0.250. The van der Waals surface area contributed by atoms with Gasteiger partial charge in [-0.1, -0.05) is 32.0 Å². The van der Waals surface area contributed by atoms with Crippen LogP contribution in [0.25, 0.3) is 11.4 Å². The van der Waals surface area contributed by atoms with E-state index < -0.39 is 5.91 Å². The largest absolute Gasteiger partial charge is 0.366 e. The van der Waals surface area contributed by atoms with Gasteiger partial charge in [-0.25, -0.2) is 4.98 Å². The van der Waals surface area contributed by atoms with Crippen molar-refractivity contribution in [3.05, 3.63) is 35.7 Å². The number of primary amides is 1. The molecule has 0 fully saturated rings. The number of H-pyrrole nitrogens is 1. The van der Waals surface area contributed by atoms with Crippen molar-refractivity contribution in [1.29, 1.82) is 0 Å². The Morgan fingerprint density at radius 3 is 2.65 bits per heavy atom. The number of aromatic amines is 1. The SMILES string of the molecule is CC(C)c1nc(-c2ccccc2C(N)=O)n[nH]1. The van der Waals surface area contributed by atoms with Crippen LogP contribution in [0, 0.1) is 0 Å². The molecule has 0 radical (unpaired) electrons. The van der Waals surface area contributed by atoms with Gasteiger partial charge in [0, 0.05) is 11.5 Å². The summed E-state index contributed by atoms with van der Waals surface area (Å²) in [7, 11) is 0. The van der Waals surface area contributed by atoms with E-state index in [0.29, 0.717) is 17.0 Å². The minimum Gasteiger partial charge on any atom is -0.366 e. The van der Waals surface area contributed by atoms with E-state index in [9.17, 15) is 4.79 Å². The Hall–Kier alpha value is -2.17. The van der Waals surface area contributed by atoms with Crippen molar-refractivity contribution < 1.29 is 4.79 Å². The highest BCUT2D eigenvalue weighted by Gasteiger charge is 2.14. The monoisotopic (exact) mass is 230 g/mol. The third-order valence-electron chi connectivity index (χ3n) is 2.48. The van der Waals surface area contributed by atoms with Crippen molar-refractivity contribution >= 4 is 5.91 Å². The lowest BCUT2D eigenvalue weighted by Crippen LogP contribution is -2.12. The maximum absolute atomic E-state index is 11.3. The van der Waals surface area contributed by atoms with Crippen LogP contribution < -0.4 is 5.73 Å². The number of nitrogens with two attached hydrogens (primary N) is 1. The highest BCUT2D eigenvalue weighted by Crippen LogP contribution is 2.21. The van der Waals surface area contributed by atoms with Crippen LogP contribution in [0.15, 0.2) is 24.3 Å². The van der Waals surface area contributed by atoms with Gasteiger partial charge in [0.25, 0.3) is 0 Å². The topological polar surface area (TPSA) is 84.7 Å². The van der Waals surface area contributed by atoms with Crippen LogP contribution in [0.1, 0.15) is 35.9 Å². The number of hydrogen-bond donors (Lipinski definition) is 2. The zero-order chi connectivity index (χ0) is 12.4. The lowest BCUT2D eigenvalue weighted by Gasteiger charge is -2.01. The number of aromatic nitrogens is 3. The normalized spacial score (nSPS) is 10.8. The first-order valence-electron chi connectivity index (χ1n) is 5.41. The molecule has 1 amide bonds. The zero-order valence-electron chi connectivity index (χ0n) is 9.77. The van der Waals surface area contributed by atoms with Crippen molar-refractivity contribution in [3.63, 3.8) is 0 Å². The van der Waals surface area contributed by atoms with Crippen molar-refractivity contribution in [3.8, 4) is 11.4 Å². The van der Waals surface area contributed by atoms with Gasteiger partial charge in [-0.3, -0.25) is 9.89 Å². The summed E-state index contributed by atoms with van der Waals surface area (Å²) in [5, 5.41) is 6.96. The van der Waals surface area contributed by atoms with E-state index in [1.807, 2.05) is 19.9 Å². The summed E-state index contributed by atoms with van der Waals surface area (Å²) in [6.45, 7) is 4.04. The molecule has 0 spiro atoms. The summed E-state index contributed by atoms with van der Waals surface area (Å²) in [6.07, 6.45) is 0. The number of rotatable bonds is 3. The van der Waals surface area contributed by atoms with E-state index >= 15 is 0 Å². The molecule has 0 aliphatic carbocycles. The zero-order valence-corrected chi connectivity index (χ0v) is 9.77. The summed E-state index contributed by atoms with van der Waals surface area (Å²) in [4.78, 5) is 15.6. The molecule has 0 unspecified atom stereocenters. The predicted molar refractivity (Wildman–Crippen MR) is 64.4 cm³/mol. The number of benzene rings is 1. The van der Waals surface area contributed by atoms with Gasteiger partial charge in [0.2, 0.25) is 5.91 Å². The van der Waals surface area contributed by atoms with Crippen LogP contribution in [0.2, 0.25) is 0 Å². The van der Waals surface area contributed by atoms with Gasteiger partial charge in [-0.2, -0.15) is 5.10 Å². The number of amides is 1. The number of nitrogens with one attached hydrogen (secondary N) is 1. The van der Waals surface area contributed by atoms with Gasteiger partial charge in [0.15, 0.2) is 5.82 Å². The van der Waals surface area contributed by atoms with Gasteiger partial charge in [0.05, 0.1) is 5.56 Å². The molecule has 1 heterocycles. The van der Waals surface area contributed by atoms with Crippen LogP contribution in [-0.2, 0) is 0 Å². The summed E-state index contributed by atoms with van der Waals surface area (Å²) < 4.78 is 0. The molecule has 0 saturated heterocycles. The Bertz CT molecular complexity index is 545. The Balaban J connectivity index is 2.49. The van der Waals surface area contributed by atoms with E-state index in [4.69, 9.17) is 5.73 Å². The Labute approximate surface area is 99.1 Å². The van der Waals surface area contributed by atoms with Crippen molar-refractivity contribution in [2.45, 2.75) is 19.8 Å². The number of carbonyl (C=O) groups excluding carboxylic acids is 1. The summed E-state index contributed by atoms with van der Waals surface area (Å²) in [6, 6.07) is 7.04. The smallest absolute Gasteiger partial charge is 0.249 e. The molecule has 1 aromatic heterocycles. The molecule has 0 atom stereocenters. The lowest BCUT2D eigenvalue weighted by atomic mass is 10.1. The van der Waals surface area contributed by atoms with Crippen LogP contribution >= 0.6 is 0 Å². The van der Waals surface area contributed by atoms with E-state index in [1.165, 1.54) is 0 Å². The molecule has 3 N–H and O–H groups in total. The van der Waals surface area contributed by atoms with Gasteiger partial charge >= 0.3 is 0 Å². The highest BCUT2D eigenvalue weighted by molar-refractivity contribution is 5.98. The molecule has 2 aromatic rings. The van der Waals surface area contributed by atoms with E-state index in [0.717, 1.165) is 5.82 Å². The van der Waals surface area contributed by atoms with E-state index in [-0.39, 0.29) is 5.92 Å². The second-order valence-electron chi connectivity index (χ2n) is 4.11. The third kappa shape index (κ3) is 2.18. The standard InChI is InChI=1S/C12H14N4O/c1-7(2)11-14-12(16-15-11)9-6-4-3-5-8(9)10(13)17/h3-7H,1-2H3,(H2,13,17)(H,14,15,16). The van der Waals surface area contributed by atoms with Crippen LogP contribution in [0.5, 0.6) is 0 Å². The number of nitrogens with zero attached hydrogens (tertiary/aromatic N) is 2. The molecule has 88 valence electrons. The Kier molecular flexibility index (Phi) is 2.91. The van der Waals surface area contributed by atoms with Crippen LogP contribution in [-0.4, -0.2) is 21.1 Å². The molecular formula is C12H14N4O. The molecule has 0 aliphatic rings. The molecule has 0 bridgehead atoms. The number of hydrogen-bond acceptors (Lipinski definition) is 3. The molecule has 5 nitrogen and oxygen atoms in total. The first kappa shape index (κ1) is 11.3. The minimum absolute atomic E-state index is 0.261. The molecule has 1 aromatic carbocycles. The molecule has 2 rings (SSSR count). The maximum Gasteiger partial charge on any atom is 0.249 e. The van der Waals surface area contributed by atoms with E-state index in [1.54, 1.807) is 18.2 Å². The second kappa shape index (κ2) is 4.37. The number of carbonyl (C=O) groups is 1. The fourth-order valence-electron chi connectivity index (χ4n) is 1.55. The van der Waals surface area contributed by atoms with Gasteiger partial charge in [-0.05, 0) is 6.07 Å². The summed E-state index contributed by atoms with van der Waals surface area (Å²) in [5.74, 6) is 1.08. The molecule has 5 heteroatoms. The average Bonchev–Trinajstić information content (AvgIpc) is 2.78. The quantitative estimate of drug-likeness (QED) is 0.841. The summed E-state index contributed by atoms with van der Waals surface area (Å²) in [5.41, 5.74) is 6.40. The molecular weight excluding hydrogens is 216 g/mol. The van der Waals surface area contributed by atoms with Gasteiger partial charge < -0.3 is 5.73 Å². The third-order valence-corrected chi connectivity index (χ3v) is 2.48. The van der Waals surface area contributed by atoms with Crippen LogP contribution in [0.3, 0.4) is 0 Å². The van der Waals surface area contributed by atoms with Crippen LogP contribution in [0.4, 0.5) is 0 Å². The molecule has 0 saturated carbocycles. The first-order chi connectivity index (χ1) is 8.09. The molecule has 17 heavy (non-hydrogen) atoms. The van der Waals surface area contributed by atoms with Gasteiger partial charge in [0.1, 0.15) is 5.82 Å². The van der Waals surface area contributed by atoms with E-state index in [2.05, 4.69) is 15.2 Å². The van der Waals surface area contributed by atoms with Crippen molar-refractivity contribution in [1.82, 2.24) is 15.2 Å². The summed E-state index contributed by atoms with van der Waals surface area (Å²) >= 11 is 0. The van der Waals surface area contributed by atoms with Crippen molar-refractivity contribution in [2.75, 3.05) is 0 Å². The molecule has 0 aliphatic heterocycles. The lowest BCUT2D eigenvalue weighted by molar-refractivity contribution is 0.100. The van der Waals surface area contributed by atoms with Crippen molar-refractivity contribution in [2.24, 2.45) is 5.73 Å². The van der Waals surface area contributed by atoms with Gasteiger partial charge in [-0.15, -0.1) is 0 Å². The Morgan fingerprint density at radius 1 is 1.35 bits per heavy atom. The Morgan fingerprint density at radius 2 is 2.06 bits per heavy atom. The highest BCUT2D eigenvalue weighted by atomic mass is 16.1. The first-order valence-corrected chi connectivity index (χ1v) is 5.41.